The molecule has 3 fully saturated rings. The molecule has 96 valence electrons. The first-order chi connectivity index (χ1) is 8.29. The van der Waals surface area contributed by atoms with E-state index in [4.69, 9.17) is 4.74 Å². The van der Waals surface area contributed by atoms with Crippen LogP contribution in [-0.4, -0.2) is 49.2 Å². The Hall–Kier alpha value is -0.610. The average Bonchev–Trinajstić information content (AvgIpc) is 2.99. The zero-order valence-corrected chi connectivity index (χ0v) is 10.4. The maximum Gasteiger partial charge on any atom is 0.227 e. The van der Waals surface area contributed by atoms with Gasteiger partial charge in [0.15, 0.2) is 0 Å². The van der Waals surface area contributed by atoms with E-state index in [0.717, 1.165) is 52.0 Å². The number of rotatable bonds is 1. The zero-order chi connectivity index (χ0) is 11.7. The topological polar surface area (TPSA) is 41.6 Å². The quantitative estimate of drug-likeness (QED) is 0.733. The highest BCUT2D eigenvalue weighted by Crippen LogP contribution is 2.34. The summed E-state index contributed by atoms with van der Waals surface area (Å²) in [5.74, 6) is 0.565. The number of nitrogens with zero attached hydrogens (tertiary/aromatic N) is 1. The molecule has 0 radical (unpaired) electrons. The van der Waals surface area contributed by atoms with E-state index in [1.807, 2.05) is 4.90 Å². The summed E-state index contributed by atoms with van der Waals surface area (Å²) in [5, 5.41) is 3.27. The van der Waals surface area contributed by atoms with E-state index in [1.165, 1.54) is 12.8 Å². The Morgan fingerprint density at radius 3 is 3.00 bits per heavy atom. The predicted octanol–water partition coefficient (Wildman–Crippen LogP) is 0.767. The van der Waals surface area contributed by atoms with Gasteiger partial charge in [0.25, 0.3) is 0 Å². The Bertz CT molecular complexity index is 294. The van der Waals surface area contributed by atoms with Gasteiger partial charge >= 0.3 is 0 Å². The molecule has 1 N–H and O–H groups in total. The number of likely N-dealkylation sites (tertiary alicyclic amines) is 1. The molecule has 3 aliphatic rings. The van der Waals surface area contributed by atoms with Crippen molar-refractivity contribution in [3.8, 4) is 0 Å². The van der Waals surface area contributed by atoms with Crippen molar-refractivity contribution < 1.29 is 9.53 Å². The Kier molecular flexibility index (Phi) is 3.09. The van der Waals surface area contributed by atoms with E-state index in [9.17, 15) is 4.79 Å². The fourth-order valence-electron chi connectivity index (χ4n) is 3.39. The Labute approximate surface area is 103 Å². The smallest absolute Gasteiger partial charge is 0.227 e. The molecule has 3 saturated heterocycles. The zero-order valence-electron chi connectivity index (χ0n) is 10.4. The van der Waals surface area contributed by atoms with Crippen LogP contribution >= 0.6 is 0 Å². The van der Waals surface area contributed by atoms with Crippen molar-refractivity contribution >= 4 is 5.91 Å². The third kappa shape index (κ3) is 2.20. The average molecular weight is 238 g/mol. The largest absolute Gasteiger partial charge is 0.373 e. The van der Waals surface area contributed by atoms with E-state index < -0.39 is 0 Å². The molecule has 1 amide bonds. The lowest BCUT2D eigenvalue weighted by Crippen LogP contribution is -2.42. The number of hydrogen-bond donors (Lipinski definition) is 1. The van der Waals surface area contributed by atoms with Crippen LogP contribution in [0.25, 0.3) is 0 Å². The molecule has 0 aliphatic carbocycles. The summed E-state index contributed by atoms with van der Waals surface area (Å²) < 4.78 is 5.96. The minimum Gasteiger partial charge on any atom is -0.373 e. The van der Waals surface area contributed by atoms with Crippen molar-refractivity contribution in [2.24, 2.45) is 5.92 Å². The van der Waals surface area contributed by atoms with Crippen molar-refractivity contribution in [3.63, 3.8) is 0 Å². The second-order valence-electron chi connectivity index (χ2n) is 5.69. The predicted molar refractivity (Wildman–Crippen MR) is 64.7 cm³/mol. The SMILES string of the molecule is O=C([C@H]1CCNC1)N1CC[C@@]2(CCCCO2)C1. The third-order valence-corrected chi connectivity index (χ3v) is 4.47. The summed E-state index contributed by atoms with van der Waals surface area (Å²) >= 11 is 0. The first-order valence-electron chi connectivity index (χ1n) is 6.93. The molecule has 0 aromatic heterocycles. The number of carbonyl (C=O) groups is 1. The maximum atomic E-state index is 12.3. The lowest BCUT2D eigenvalue weighted by Gasteiger charge is -2.33. The van der Waals surface area contributed by atoms with Crippen LogP contribution in [0.1, 0.15) is 32.1 Å². The van der Waals surface area contributed by atoms with Gasteiger partial charge in [-0.3, -0.25) is 4.79 Å². The second-order valence-corrected chi connectivity index (χ2v) is 5.69. The minimum absolute atomic E-state index is 0.0138. The van der Waals surface area contributed by atoms with Crippen LogP contribution in [-0.2, 0) is 9.53 Å². The molecule has 2 atom stereocenters. The monoisotopic (exact) mass is 238 g/mol. The van der Waals surface area contributed by atoms with Crippen LogP contribution in [0.2, 0.25) is 0 Å². The molecule has 0 saturated carbocycles. The fourth-order valence-corrected chi connectivity index (χ4v) is 3.39. The van der Waals surface area contributed by atoms with Crippen molar-refractivity contribution in [2.45, 2.75) is 37.7 Å². The highest BCUT2D eigenvalue weighted by atomic mass is 16.5. The van der Waals surface area contributed by atoms with E-state index in [1.54, 1.807) is 0 Å². The molecular weight excluding hydrogens is 216 g/mol. The Morgan fingerprint density at radius 1 is 1.35 bits per heavy atom. The van der Waals surface area contributed by atoms with Crippen molar-refractivity contribution in [1.29, 1.82) is 0 Å². The van der Waals surface area contributed by atoms with Gasteiger partial charge in [0.2, 0.25) is 5.91 Å². The highest BCUT2D eigenvalue weighted by Gasteiger charge is 2.43. The van der Waals surface area contributed by atoms with Gasteiger partial charge in [0.05, 0.1) is 11.5 Å². The molecule has 3 rings (SSSR count). The van der Waals surface area contributed by atoms with E-state index in [2.05, 4.69) is 5.32 Å². The summed E-state index contributed by atoms with van der Waals surface area (Å²) in [6.07, 6.45) is 5.62. The van der Waals surface area contributed by atoms with Crippen molar-refractivity contribution in [3.05, 3.63) is 0 Å². The van der Waals surface area contributed by atoms with Crippen LogP contribution in [0, 0.1) is 5.92 Å². The maximum absolute atomic E-state index is 12.3. The first-order valence-corrected chi connectivity index (χ1v) is 6.93. The number of hydrogen-bond acceptors (Lipinski definition) is 3. The molecule has 0 aromatic carbocycles. The summed E-state index contributed by atoms with van der Waals surface area (Å²) in [4.78, 5) is 14.3. The number of amides is 1. The van der Waals surface area contributed by atoms with Crippen LogP contribution < -0.4 is 5.32 Å². The van der Waals surface area contributed by atoms with Crippen LogP contribution in [0.3, 0.4) is 0 Å². The number of nitrogens with one attached hydrogen (secondary N) is 1. The number of carbonyl (C=O) groups excluding carboxylic acids is 1. The molecule has 0 unspecified atom stereocenters. The lowest BCUT2D eigenvalue weighted by molar-refractivity contribution is -0.136. The molecule has 3 heterocycles. The molecule has 1 spiro atoms. The van der Waals surface area contributed by atoms with Gasteiger partial charge in [0.1, 0.15) is 0 Å². The van der Waals surface area contributed by atoms with E-state index >= 15 is 0 Å². The molecule has 0 bridgehead atoms. The van der Waals surface area contributed by atoms with E-state index in [0.29, 0.717) is 5.91 Å². The summed E-state index contributed by atoms with van der Waals surface area (Å²) in [5.41, 5.74) is 0.0138. The normalized spacial score (nSPS) is 37.9. The number of ether oxygens (including phenoxy) is 1. The van der Waals surface area contributed by atoms with Crippen LogP contribution in [0.5, 0.6) is 0 Å². The summed E-state index contributed by atoms with van der Waals surface area (Å²) in [7, 11) is 0. The molecule has 4 heteroatoms. The molecule has 4 nitrogen and oxygen atoms in total. The molecule has 3 aliphatic heterocycles. The summed E-state index contributed by atoms with van der Waals surface area (Å²) in [6.45, 7) is 4.47. The molecular formula is C13H22N2O2. The van der Waals surface area contributed by atoms with Gasteiger partial charge < -0.3 is 15.0 Å². The molecule has 0 aromatic rings. The van der Waals surface area contributed by atoms with E-state index in [-0.39, 0.29) is 11.5 Å². The minimum atomic E-state index is 0.0138. The van der Waals surface area contributed by atoms with Gasteiger partial charge in [-0.25, -0.2) is 0 Å². The lowest BCUT2D eigenvalue weighted by atomic mass is 9.93. The van der Waals surface area contributed by atoms with Crippen molar-refractivity contribution in [1.82, 2.24) is 10.2 Å². The fraction of sp³-hybridized carbons (Fsp3) is 0.923. The van der Waals surface area contributed by atoms with Gasteiger partial charge in [-0.15, -0.1) is 0 Å². The molecule has 17 heavy (non-hydrogen) atoms. The first kappa shape index (κ1) is 11.5. The second kappa shape index (κ2) is 4.58. The highest BCUT2D eigenvalue weighted by molar-refractivity contribution is 5.79. The van der Waals surface area contributed by atoms with Crippen LogP contribution in [0.4, 0.5) is 0 Å². The van der Waals surface area contributed by atoms with Gasteiger partial charge in [-0.05, 0) is 38.6 Å². The third-order valence-electron chi connectivity index (χ3n) is 4.47. The Morgan fingerprint density at radius 2 is 2.29 bits per heavy atom. The standard InChI is InChI=1S/C13H22N2O2/c16-12(11-3-6-14-9-11)15-7-5-13(10-15)4-1-2-8-17-13/h11,14H,1-10H2/t11-,13-/m0/s1. The van der Waals surface area contributed by atoms with Crippen molar-refractivity contribution in [2.75, 3.05) is 32.8 Å². The van der Waals surface area contributed by atoms with Gasteiger partial charge in [0, 0.05) is 26.2 Å². The van der Waals surface area contributed by atoms with Gasteiger partial charge in [-0.2, -0.15) is 0 Å². The Balaban J connectivity index is 1.60. The summed E-state index contributed by atoms with van der Waals surface area (Å²) in [6, 6.07) is 0. The van der Waals surface area contributed by atoms with Gasteiger partial charge in [-0.1, -0.05) is 0 Å². The van der Waals surface area contributed by atoms with Crippen LogP contribution in [0.15, 0.2) is 0 Å².